The van der Waals surface area contributed by atoms with E-state index < -0.39 is 10.9 Å². The monoisotopic (exact) mass is 292 g/mol. The highest BCUT2D eigenvalue weighted by Gasteiger charge is 2.48. The van der Waals surface area contributed by atoms with Crippen LogP contribution in [0.25, 0.3) is 0 Å². The van der Waals surface area contributed by atoms with Gasteiger partial charge in [0.25, 0.3) is 5.69 Å². The van der Waals surface area contributed by atoms with E-state index in [1.165, 1.54) is 25.3 Å². The summed E-state index contributed by atoms with van der Waals surface area (Å²) in [5, 5.41) is 14.4. The Kier molecular flexibility index (Phi) is 3.29. The SMILES string of the molecule is COC(=O)c1ccc([N+](=O)[O-])c(NC23COCC(C2)C3)c1. The van der Waals surface area contributed by atoms with Gasteiger partial charge in [0.15, 0.2) is 0 Å². The van der Waals surface area contributed by atoms with Gasteiger partial charge in [-0.1, -0.05) is 0 Å². The molecule has 1 aromatic rings. The fourth-order valence-corrected chi connectivity index (χ4v) is 3.17. The Balaban J connectivity index is 1.91. The number of esters is 1. The Morgan fingerprint density at radius 1 is 1.52 bits per heavy atom. The van der Waals surface area contributed by atoms with E-state index in [2.05, 4.69) is 10.1 Å². The van der Waals surface area contributed by atoms with Crippen molar-refractivity contribution in [2.75, 3.05) is 25.6 Å². The van der Waals surface area contributed by atoms with E-state index in [0.717, 1.165) is 19.4 Å². The van der Waals surface area contributed by atoms with Gasteiger partial charge in [-0.3, -0.25) is 10.1 Å². The maximum atomic E-state index is 11.6. The molecule has 2 bridgehead atoms. The summed E-state index contributed by atoms with van der Waals surface area (Å²) in [7, 11) is 1.28. The number of nitrogens with one attached hydrogen (secondary N) is 1. The van der Waals surface area contributed by atoms with Crippen LogP contribution in [0.1, 0.15) is 23.2 Å². The van der Waals surface area contributed by atoms with Gasteiger partial charge < -0.3 is 14.8 Å². The maximum absolute atomic E-state index is 11.6. The van der Waals surface area contributed by atoms with Crippen molar-refractivity contribution in [2.45, 2.75) is 18.4 Å². The fraction of sp³-hybridized carbons (Fsp3) is 0.500. The summed E-state index contributed by atoms with van der Waals surface area (Å²) >= 11 is 0. The normalized spacial score (nSPS) is 26.6. The van der Waals surface area contributed by atoms with Crippen molar-refractivity contribution >= 4 is 17.3 Å². The molecule has 0 amide bonds. The van der Waals surface area contributed by atoms with Crippen LogP contribution in [0.3, 0.4) is 0 Å². The average molecular weight is 292 g/mol. The van der Waals surface area contributed by atoms with Crippen LogP contribution in [0.5, 0.6) is 0 Å². The van der Waals surface area contributed by atoms with Crippen LogP contribution < -0.4 is 5.32 Å². The van der Waals surface area contributed by atoms with Crippen LogP contribution in [0.2, 0.25) is 0 Å². The molecule has 7 nitrogen and oxygen atoms in total. The lowest BCUT2D eigenvalue weighted by molar-refractivity contribution is -0.384. The van der Waals surface area contributed by atoms with E-state index in [0.29, 0.717) is 18.2 Å². The number of hydrogen-bond acceptors (Lipinski definition) is 6. The van der Waals surface area contributed by atoms with Crippen LogP contribution in [0.15, 0.2) is 18.2 Å². The third-order valence-corrected chi connectivity index (χ3v) is 4.10. The molecule has 2 heterocycles. The maximum Gasteiger partial charge on any atom is 0.337 e. The van der Waals surface area contributed by atoms with Crippen molar-refractivity contribution < 1.29 is 19.2 Å². The number of nitro benzene ring substituents is 1. The second kappa shape index (κ2) is 5.00. The first kappa shape index (κ1) is 13.8. The number of hydrogen-bond donors (Lipinski definition) is 1. The Bertz CT molecular complexity index is 590. The molecular formula is C14H16N2O5. The molecule has 0 aromatic heterocycles. The highest BCUT2D eigenvalue weighted by Crippen LogP contribution is 2.45. The molecule has 0 unspecified atom stereocenters. The standard InChI is InChI=1S/C14H16N2O5/c1-20-13(17)10-2-3-12(16(18)19)11(4-10)15-14-5-9(6-14)7-21-8-14/h2-4,9,15H,5-8H2,1H3. The van der Waals surface area contributed by atoms with Gasteiger partial charge in [0.2, 0.25) is 0 Å². The minimum atomic E-state index is -0.517. The summed E-state index contributed by atoms with van der Waals surface area (Å²) in [6.45, 7) is 1.29. The largest absolute Gasteiger partial charge is 0.465 e. The summed E-state index contributed by atoms with van der Waals surface area (Å²) in [5.41, 5.74) is 0.329. The number of methoxy groups -OCH3 is 1. The number of fused-ring (bicyclic) bond motifs is 2. The number of nitro groups is 1. The van der Waals surface area contributed by atoms with Gasteiger partial charge in [-0.25, -0.2) is 4.79 Å². The Labute approximate surface area is 121 Å². The quantitative estimate of drug-likeness (QED) is 0.518. The number of anilines is 1. The molecule has 1 aliphatic carbocycles. The number of benzene rings is 1. The molecule has 3 fully saturated rings. The van der Waals surface area contributed by atoms with Crippen molar-refractivity contribution in [2.24, 2.45) is 5.92 Å². The molecule has 1 N–H and O–H groups in total. The zero-order chi connectivity index (χ0) is 15.0. The predicted molar refractivity (Wildman–Crippen MR) is 74.3 cm³/mol. The highest BCUT2D eigenvalue weighted by molar-refractivity contribution is 5.91. The minimum Gasteiger partial charge on any atom is -0.465 e. The van der Waals surface area contributed by atoms with Gasteiger partial charge in [-0.05, 0) is 30.9 Å². The second-order valence-electron chi connectivity index (χ2n) is 5.68. The molecule has 4 rings (SSSR count). The van der Waals surface area contributed by atoms with Crippen LogP contribution in [0, 0.1) is 16.0 Å². The lowest BCUT2D eigenvalue weighted by atomic mass is 9.67. The van der Waals surface area contributed by atoms with Gasteiger partial charge in [0, 0.05) is 12.7 Å². The van der Waals surface area contributed by atoms with Crippen molar-refractivity contribution in [3.63, 3.8) is 0 Å². The topological polar surface area (TPSA) is 90.7 Å². The van der Waals surface area contributed by atoms with Crippen molar-refractivity contribution in [3.8, 4) is 0 Å². The summed E-state index contributed by atoms with van der Waals surface area (Å²) < 4.78 is 10.1. The first-order valence-electron chi connectivity index (χ1n) is 6.76. The zero-order valence-corrected chi connectivity index (χ0v) is 11.6. The zero-order valence-electron chi connectivity index (χ0n) is 11.6. The number of carbonyl (C=O) groups is 1. The number of ether oxygens (including phenoxy) is 2. The van der Waals surface area contributed by atoms with Crippen molar-refractivity contribution in [3.05, 3.63) is 33.9 Å². The van der Waals surface area contributed by atoms with E-state index in [1.807, 2.05) is 0 Å². The molecular weight excluding hydrogens is 276 g/mol. The first-order valence-corrected chi connectivity index (χ1v) is 6.76. The number of carbonyl (C=O) groups excluding carboxylic acids is 1. The molecule has 0 radical (unpaired) electrons. The van der Waals surface area contributed by atoms with Crippen LogP contribution in [-0.2, 0) is 9.47 Å². The lowest BCUT2D eigenvalue weighted by Crippen LogP contribution is -2.59. The van der Waals surface area contributed by atoms with Gasteiger partial charge >= 0.3 is 5.97 Å². The molecule has 1 saturated carbocycles. The average Bonchev–Trinajstić information content (AvgIpc) is 2.45. The van der Waals surface area contributed by atoms with E-state index in [9.17, 15) is 14.9 Å². The minimum absolute atomic E-state index is 0.0500. The molecule has 7 heteroatoms. The van der Waals surface area contributed by atoms with Crippen LogP contribution in [-0.4, -0.2) is 36.8 Å². The summed E-state index contributed by atoms with van der Waals surface area (Å²) in [6.07, 6.45) is 1.87. The van der Waals surface area contributed by atoms with Crippen molar-refractivity contribution in [1.29, 1.82) is 0 Å². The molecule has 1 aromatic carbocycles. The molecule has 21 heavy (non-hydrogen) atoms. The van der Waals surface area contributed by atoms with Gasteiger partial charge in [0.1, 0.15) is 5.69 Å². The molecule has 2 saturated heterocycles. The third-order valence-electron chi connectivity index (χ3n) is 4.10. The van der Waals surface area contributed by atoms with Crippen LogP contribution in [0.4, 0.5) is 11.4 Å². The lowest BCUT2D eigenvalue weighted by Gasteiger charge is -2.52. The summed E-state index contributed by atoms with van der Waals surface area (Å²) in [6, 6.07) is 4.19. The summed E-state index contributed by atoms with van der Waals surface area (Å²) in [4.78, 5) is 22.3. The summed E-state index contributed by atoms with van der Waals surface area (Å²) in [5.74, 6) is 0.00549. The van der Waals surface area contributed by atoms with Gasteiger partial charge in [-0.2, -0.15) is 0 Å². The second-order valence-corrected chi connectivity index (χ2v) is 5.68. The highest BCUT2D eigenvalue weighted by atomic mass is 16.6. The van der Waals surface area contributed by atoms with Gasteiger partial charge in [0.05, 0.1) is 29.7 Å². The third kappa shape index (κ3) is 2.44. The Morgan fingerprint density at radius 3 is 2.86 bits per heavy atom. The predicted octanol–water partition coefficient (Wildman–Crippen LogP) is 1.97. The number of rotatable bonds is 4. The van der Waals surface area contributed by atoms with Crippen LogP contribution >= 0.6 is 0 Å². The van der Waals surface area contributed by atoms with Crippen molar-refractivity contribution in [1.82, 2.24) is 0 Å². The number of nitrogens with zero attached hydrogens (tertiary/aromatic N) is 1. The van der Waals surface area contributed by atoms with E-state index >= 15 is 0 Å². The first-order chi connectivity index (χ1) is 10.0. The van der Waals surface area contributed by atoms with E-state index in [-0.39, 0.29) is 16.8 Å². The molecule has 2 aliphatic heterocycles. The smallest absolute Gasteiger partial charge is 0.337 e. The Hall–Kier alpha value is -2.15. The Morgan fingerprint density at radius 2 is 2.29 bits per heavy atom. The van der Waals surface area contributed by atoms with E-state index in [4.69, 9.17) is 4.74 Å². The molecule has 0 atom stereocenters. The fourth-order valence-electron chi connectivity index (χ4n) is 3.17. The van der Waals surface area contributed by atoms with E-state index in [1.54, 1.807) is 0 Å². The van der Waals surface area contributed by atoms with Gasteiger partial charge in [-0.15, -0.1) is 0 Å². The molecule has 3 aliphatic rings. The molecule has 112 valence electrons. The molecule has 0 spiro atoms.